The zero-order valence-electron chi connectivity index (χ0n) is 15.7. The summed E-state index contributed by atoms with van der Waals surface area (Å²) in [7, 11) is 0. The van der Waals surface area contributed by atoms with Gasteiger partial charge in [-0.25, -0.2) is 14.6 Å². The second-order valence-corrected chi connectivity index (χ2v) is 8.12. The first-order valence-corrected chi connectivity index (χ1v) is 10.5. The molecule has 0 fully saturated rings. The van der Waals surface area contributed by atoms with Crippen molar-refractivity contribution in [2.45, 2.75) is 45.4 Å². The van der Waals surface area contributed by atoms with Crippen molar-refractivity contribution in [2.24, 2.45) is 0 Å². The molecule has 0 saturated heterocycles. The number of fused-ring (bicyclic) bond motifs is 1. The van der Waals surface area contributed by atoms with Gasteiger partial charge in [0, 0.05) is 12.6 Å². The average molecular weight is 407 g/mol. The van der Waals surface area contributed by atoms with Crippen molar-refractivity contribution in [2.75, 3.05) is 17.6 Å². The Labute approximate surface area is 165 Å². The second-order valence-electron chi connectivity index (χ2n) is 6.14. The maximum Gasteiger partial charge on any atom is 0.265 e. The summed E-state index contributed by atoms with van der Waals surface area (Å²) in [6, 6.07) is 0.251. The van der Waals surface area contributed by atoms with Crippen molar-refractivity contribution in [3.63, 3.8) is 0 Å². The van der Waals surface area contributed by atoms with E-state index >= 15 is 0 Å². The van der Waals surface area contributed by atoms with Crippen LogP contribution in [-0.2, 0) is 6.54 Å². The normalized spacial score (nSPS) is 11.3. The molecule has 0 aromatic carbocycles. The standard InChI is InChI=1S/C16H22N8OS2/c1-5-26-16-20-13(19-9(2)3)11-8-18-24(14(11)21-16)7-6-17-15(25)12-10(4)22-23-27-12/h8-9H,5-7H2,1-4H3,(H,17,25)(H,19,20,21). The summed E-state index contributed by atoms with van der Waals surface area (Å²) < 4.78 is 5.58. The number of hydrogen-bond acceptors (Lipinski definition) is 9. The molecule has 0 aliphatic heterocycles. The largest absolute Gasteiger partial charge is 0.367 e. The third-order valence-corrected chi connectivity index (χ3v) is 5.20. The van der Waals surface area contributed by atoms with Gasteiger partial charge in [-0.1, -0.05) is 23.2 Å². The van der Waals surface area contributed by atoms with Crippen LogP contribution in [0.15, 0.2) is 11.4 Å². The minimum Gasteiger partial charge on any atom is -0.367 e. The Hall–Kier alpha value is -2.27. The van der Waals surface area contributed by atoms with E-state index in [1.807, 2.05) is 0 Å². The molecule has 0 aliphatic carbocycles. The molecule has 144 valence electrons. The van der Waals surface area contributed by atoms with Crippen molar-refractivity contribution < 1.29 is 4.79 Å². The number of nitrogens with one attached hydrogen (secondary N) is 2. The van der Waals surface area contributed by atoms with E-state index in [1.165, 1.54) is 0 Å². The van der Waals surface area contributed by atoms with Crippen LogP contribution in [-0.4, -0.2) is 53.6 Å². The lowest BCUT2D eigenvalue weighted by Crippen LogP contribution is -2.27. The molecule has 27 heavy (non-hydrogen) atoms. The van der Waals surface area contributed by atoms with Crippen molar-refractivity contribution in [3.05, 3.63) is 16.8 Å². The van der Waals surface area contributed by atoms with Gasteiger partial charge in [-0.15, -0.1) is 5.10 Å². The number of nitrogens with zero attached hydrogens (tertiary/aromatic N) is 6. The molecular formula is C16H22N8OS2. The van der Waals surface area contributed by atoms with Gasteiger partial charge in [0.15, 0.2) is 10.8 Å². The lowest BCUT2D eigenvalue weighted by atomic mass is 10.3. The average Bonchev–Trinajstić information content (AvgIpc) is 3.21. The Balaban J connectivity index is 1.77. The van der Waals surface area contributed by atoms with Crippen LogP contribution in [0.3, 0.4) is 0 Å². The van der Waals surface area contributed by atoms with E-state index in [9.17, 15) is 4.79 Å². The first-order valence-electron chi connectivity index (χ1n) is 8.69. The van der Waals surface area contributed by atoms with Gasteiger partial charge < -0.3 is 10.6 Å². The van der Waals surface area contributed by atoms with E-state index < -0.39 is 0 Å². The summed E-state index contributed by atoms with van der Waals surface area (Å²) in [5.74, 6) is 1.50. The van der Waals surface area contributed by atoms with Gasteiger partial charge in [-0.2, -0.15) is 5.10 Å². The van der Waals surface area contributed by atoms with Crippen LogP contribution < -0.4 is 10.6 Å². The molecule has 0 saturated carbocycles. The lowest BCUT2D eigenvalue weighted by molar-refractivity contribution is 0.0955. The van der Waals surface area contributed by atoms with E-state index in [-0.39, 0.29) is 11.9 Å². The first kappa shape index (κ1) is 19.5. The van der Waals surface area contributed by atoms with Gasteiger partial charge in [0.05, 0.1) is 23.8 Å². The summed E-state index contributed by atoms with van der Waals surface area (Å²) in [4.78, 5) is 22.0. The lowest BCUT2D eigenvalue weighted by Gasteiger charge is -2.11. The third kappa shape index (κ3) is 4.53. The number of aromatic nitrogens is 6. The van der Waals surface area contributed by atoms with Crippen molar-refractivity contribution in [1.29, 1.82) is 0 Å². The van der Waals surface area contributed by atoms with Crippen LogP contribution in [0.1, 0.15) is 36.1 Å². The van der Waals surface area contributed by atoms with E-state index in [2.05, 4.69) is 56.1 Å². The summed E-state index contributed by atoms with van der Waals surface area (Å²) in [6.07, 6.45) is 1.76. The summed E-state index contributed by atoms with van der Waals surface area (Å²) >= 11 is 2.68. The minimum atomic E-state index is -0.169. The summed E-state index contributed by atoms with van der Waals surface area (Å²) in [6.45, 7) is 8.91. The Bertz CT molecular complexity index is 936. The number of rotatable bonds is 8. The quantitative estimate of drug-likeness (QED) is 0.433. The van der Waals surface area contributed by atoms with Crippen LogP contribution in [0.5, 0.6) is 0 Å². The fourth-order valence-corrected chi connectivity index (χ4v) is 3.61. The Morgan fingerprint density at radius 2 is 2.19 bits per heavy atom. The monoisotopic (exact) mass is 406 g/mol. The number of hydrogen-bond donors (Lipinski definition) is 2. The molecule has 0 unspecified atom stereocenters. The minimum absolute atomic E-state index is 0.169. The molecule has 9 nitrogen and oxygen atoms in total. The molecule has 3 heterocycles. The Kier molecular flexibility index (Phi) is 6.22. The number of carbonyl (C=O) groups excluding carboxylic acids is 1. The van der Waals surface area contributed by atoms with Gasteiger partial charge in [0.25, 0.3) is 5.91 Å². The van der Waals surface area contributed by atoms with Crippen LogP contribution in [0.25, 0.3) is 11.0 Å². The van der Waals surface area contributed by atoms with E-state index in [1.54, 1.807) is 29.6 Å². The Morgan fingerprint density at radius 3 is 2.85 bits per heavy atom. The van der Waals surface area contributed by atoms with Crippen LogP contribution in [0, 0.1) is 6.92 Å². The maximum atomic E-state index is 12.2. The molecular weight excluding hydrogens is 384 g/mol. The van der Waals surface area contributed by atoms with E-state index in [4.69, 9.17) is 0 Å². The molecule has 3 aromatic heterocycles. The fourth-order valence-electron chi connectivity index (χ4n) is 2.47. The number of anilines is 1. The smallest absolute Gasteiger partial charge is 0.265 e. The molecule has 2 N–H and O–H groups in total. The van der Waals surface area contributed by atoms with Gasteiger partial charge in [-0.3, -0.25) is 4.79 Å². The van der Waals surface area contributed by atoms with Crippen molar-refractivity contribution >= 4 is 46.1 Å². The summed E-state index contributed by atoms with van der Waals surface area (Å²) in [5.41, 5.74) is 1.40. The van der Waals surface area contributed by atoms with Gasteiger partial charge in [-0.05, 0) is 38.1 Å². The Morgan fingerprint density at radius 1 is 1.37 bits per heavy atom. The van der Waals surface area contributed by atoms with Gasteiger partial charge >= 0.3 is 0 Å². The highest BCUT2D eigenvalue weighted by Gasteiger charge is 2.15. The molecule has 0 aliphatic rings. The van der Waals surface area contributed by atoms with E-state index in [0.29, 0.717) is 28.8 Å². The molecule has 11 heteroatoms. The molecule has 3 aromatic rings. The maximum absolute atomic E-state index is 12.2. The highest BCUT2D eigenvalue weighted by atomic mass is 32.2. The van der Waals surface area contributed by atoms with Crippen molar-refractivity contribution in [3.8, 4) is 0 Å². The molecule has 0 spiro atoms. The highest BCUT2D eigenvalue weighted by Crippen LogP contribution is 2.24. The van der Waals surface area contributed by atoms with E-state index in [0.717, 1.165) is 34.1 Å². The predicted octanol–water partition coefficient (Wildman–Crippen LogP) is 2.35. The number of thioether (sulfide) groups is 1. The summed E-state index contributed by atoms with van der Waals surface area (Å²) in [5, 5.41) is 16.1. The van der Waals surface area contributed by atoms with Crippen LogP contribution in [0.2, 0.25) is 0 Å². The SMILES string of the molecule is CCSc1nc(NC(C)C)c2cnn(CCNC(=O)c3snnc3C)c2n1. The highest BCUT2D eigenvalue weighted by molar-refractivity contribution is 7.99. The fraction of sp³-hybridized carbons (Fsp3) is 0.500. The molecule has 0 atom stereocenters. The number of amides is 1. The zero-order chi connectivity index (χ0) is 19.4. The topological polar surface area (TPSA) is 111 Å². The third-order valence-electron chi connectivity index (χ3n) is 3.64. The second kappa shape index (κ2) is 8.61. The number of carbonyl (C=O) groups is 1. The number of aryl methyl sites for hydroxylation is 1. The van der Waals surface area contributed by atoms with Gasteiger partial charge in [0.2, 0.25) is 0 Å². The van der Waals surface area contributed by atoms with Crippen LogP contribution >= 0.6 is 23.3 Å². The molecule has 3 rings (SSSR count). The zero-order valence-corrected chi connectivity index (χ0v) is 17.3. The first-order chi connectivity index (χ1) is 13.0. The molecule has 0 bridgehead atoms. The molecule has 0 radical (unpaired) electrons. The molecule has 1 amide bonds. The van der Waals surface area contributed by atoms with Crippen molar-refractivity contribution in [1.82, 2.24) is 34.7 Å². The predicted molar refractivity (Wildman–Crippen MR) is 107 cm³/mol. The van der Waals surface area contributed by atoms with Gasteiger partial charge in [0.1, 0.15) is 10.7 Å². The van der Waals surface area contributed by atoms with Crippen LogP contribution in [0.4, 0.5) is 5.82 Å².